The molecular weight excluding hydrogens is 434 g/mol. The van der Waals surface area contributed by atoms with Crippen molar-refractivity contribution in [2.75, 3.05) is 37.0 Å². The number of carbonyl (C=O) groups excluding carboxylic acids is 3. The van der Waals surface area contributed by atoms with Gasteiger partial charge in [0.1, 0.15) is 5.75 Å². The molecule has 1 unspecified atom stereocenters. The van der Waals surface area contributed by atoms with Crippen LogP contribution in [0.5, 0.6) is 5.75 Å². The number of amides is 3. The van der Waals surface area contributed by atoms with E-state index in [1.54, 1.807) is 42.7 Å². The number of imidazole rings is 1. The van der Waals surface area contributed by atoms with Crippen molar-refractivity contribution in [3.8, 4) is 5.75 Å². The van der Waals surface area contributed by atoms with Crippen molar-refractivity contribution in [2.24, 2.45) is 5.92 Å². The molecule has 1 fully saturated rings. The number of nitrogens with zero attached hydrogens (tertiary/aromatic N) is 4. The van der Waals surface area contributed by atoms with Crippen LogP contribution in [-0.2, 0) is 16.1 Å². The lowest BCUT2D eigenvalue weighted by Gasteiger charge is -2.26. The number of benzene rings is 2. The lowest BCUT2D eigenvalue weighted by molar-refractivity contribution is -0.121. The van der Waals surface area contributed by atoms with E-state index in [2.05, 4.69) is 10.3 Å². The van der Waals surface area contributed by atoms with E-state index < -0.39 is 0 Å². The Morgan fingerprint density at radius 1 is 1.21 bits per heavy atom. The molecule has 0 bridgehead atoms. The summed E-state index contributed by atoms with van der Waals surface area (Å²) in [5.41, 5.74) is 2.83. The van der Waals surface area contributed by atoms with Gasteiger partial charge < -0.3 is 24.4 Å². The summed E-state index contributed by atoms with van der Waals surface area (Å²) in [6.07, 6.45) is 5.97. The summed E-state index contributed by atoms with van der Waals surface area (Å²) in [4.78, 5) is 45.1. The number of hydrogen-bond donors (Lipinski definition) is 1. The molecule has 1 aromatic heterocycles. The van der Waals surface area contributed by atoms with Crippen LogP contribution in [-0.4, -0.2) is 58.9 Å². The van der Waals surface area contributed by atoms with Gasteiger partial charge in [0.2, 0.25) is 5.91 Å². The average molecular weight is 460 g/mol. The maximum atomic E-state index is 13.1. The molecule has 3 aromatic rings. The third kappa shape index (κ3) is 4.36. The predicted molar refractivity (Wildman–Crippen MR) is 126 cm³/mol. The zero-order valence-electron chi connectivity index (χ0n) is 18.8. The highest BCUT2D eigenvalue weighted by molar-refractivity contribution is 6.01. The van der Waals surface area contributed by atoms with Crippen molar-refractivity contribution in [1.29, 1.82) is 0 Å². The van der Waals surface area contributed by atoms with E-state index in [-0.39, 0.29) is 30.2 Å². The van der Waals surface area contributed by atoms with Crippen LogP contribution in [0.4, 0.5) is 11.4 Å². The number of ether oxygens (including phenoxy) is 1. The van der Waals surface area contributed by atoms with Crippen molar-refractivity contribution < 1.29 is 19.1 Å². The maximum absolute atomic E-state index is 13.1. The molecule has 2 aliphatic heterocycles. The summed E-state index contributed by atoms with van der Waals surface area (Å²) in [7, 11) is 1.67. The van der Waals surface area contributed by atoms with Gasteiger partial charge in [-0.25, -0.2) is 4.98 Å². The van der Waals surface area contributed by atoms with Crippen LogP contribution in [0.1, 0.15) is 22.3 Å². The molecular formula is C25H25N5O4. The van der Waals surface area contributed by atoms with E-state index in [1.807, 2.05) is 35.0 Å². The lowest BCUT2D eigenvalue weighted by atomic mass is 10.1. The largest absolute Gasteiger partial charge is 0.482 e. The first-order valence-electron chi connectivity index (χ1n) is 11.2. The number of rotatable bonds is 5. The van der Waals surface area contributed by atoms with Gasteiger partial charge in [-0.15, -0.1) is 0 Å². The molecule has 0 radical (unpaired) electrons. The molecule has 0 saturated carbocycles. The molecule has 5 rings (SSSR count). The highest BCUT2D eigenvalue weighted by Gasteiger charge is 2.32. The maximum Gasteiger partial charge on any atom is 0.264 e. The molecule has 3 heterocycles. The minimum absolute atomic E-state index is 0.00776. The predicted octanol–water partition coefficient (Wildman–Crippen LogP) is 2.39. The molecule has 9 heteroatoms. The second-order valence-corrected chi connectivity index (χ2v) is 8.59. The van der Waals surface area contributed by atoms with Crippen molar-refractivity contribution in [2.45, 2.75) is 13.0 Å². The van der Waals surface area contributed by atoms with Gasteiger partial charge in [0.25, 0.3) is 11.8 Å². The molecule has 1 N–H and O–H groups in total. The Kier molecular flexibility index (Phi) is 5.75. The second kappa shape index (κ2) is 9.01. The molecule has 2 aromatic carbocycles. The summed E-state index contributed by atoms with van der Waals surface area (Å²) < 4.78 is 7.40. The molecule has 3 amide bonds. The summed E-state index contributed by atoms with van der Waals surface area (Å²) in [6, 6.07) is 12.8. The lowest BCUT2D eigenvalue weighted by Crippen LogP contribution is -2.36. The van der Waals surface area contributed by atoms with E-state index in [1.165, 1.54) is 4.90 Å². The molecule has 1 saturated heterocycles. The molecule has 0 spiro atoms. The molecule has 34 heavy (non-hydrogen) atoms. The van der Waals surface area contributed by atoms with Crippen LogP contribution in [0.25, 0.3) is 0 Å². The van der Waals surface area contributed by atoms with E-state index in [9.17, 15) is 14.4 Å². The van der Waals surface area contributed by atoms with Crippen molar-refractivity contribution in [1.82, 2.24) is 14.5 Å². The van der Waals surface area contributed by atoms with Crippen molar-refractivity contribution >= 4 is 29.1 Å². The minimum atomic E-state index is -0.286. The topological polar surface area (TPSA) is 96.8 Å². The fraction of sp³-hybridized carbons (Fsp3) is 0.280. The Morgan fingerprint density at radius 3 is 2.91 bits per heavy atom. The van der Waals surface area contributed by atoms with Crippen molar-refractivity contribution in [3.63, 3.8) is 0 Å². The monoisotopic (exact) mass is 459 g/mol. The van der Waals surface area contributed by atoms with E-state index in [0.29, 0.717) is 43.1 Å². The molecule has 2 aliphatic rings. The number of nitrogens with one attached hydrogen (secondary N) is 1. The normalized spacial score (nSPS) is 17.3. The summed E-state index contributed by atoms with van der Waals surface area (Å²) >= 11 is 0. The van der Waals surface area contributed by atoms with Gasteiger partial charge >= 0.3 is 0 Å². The highest BCUT2D eigenvalue weighted by atomic mass is 16.5. The zero-order valence-corrected chi connectivity index (χ0v) is 18.8. The number of anilines is 2. The van der Waals surface area contributed by atoms with Crippen LogP contribution in [0.15, 0.2) is 61.2 Å². The van der Waals surface area contributed by atoms with Gasteiger partial charge in [-0.1, -0.05) is 12.1 Å². The third-order valence-corrected chi connectivity index (χ3v) is 6.26. The van der Waals surface area contributed by atoms with Crippen LogP contribution >= 0.6 is 0 Å². The van der Waals surface area contributed by atoms with Gasteiger partial charge in [-0.3, -0.25) is 14.4 Å². The van der Waals surface area contributed by atoms with Gasteiger partial charge in [-0.2, -0.15) is 0 Å². The fourth-order valence-corrected chi connectivity index (χ4v) is 4.33. The van der Waals surface area contributed by atoms with E-state index >= 15 is 0 Å². The van der Waals surface area contributed by atoms with Gasteiger partial charge in [0, 0.05) is 50.3 Å². The third-order valence-electron chi connectivity index (χ3n) is 6.26. The Morgan fingerprint density at radius 2 is 2.09 bits per heavy atom. The van der Waals surface area contributed by atoms with E-state index in [4.69, 9.17) is 4.74 Å². The SMILES string of the molecule is CN1C(=O)COc2ccc(C(=O)N3CCC(C(=O)Nc4cccc(Cn5ccnc5)c4)C3)cc21. The Labute approximate surface area is 196 Å². The summed E-state index contributed by atoms with van der Waals surface area (Å²) in [5.74, 6) is -0.130. The summed E-state index contributed by atoms with van der Waals surface area (Å²) in [6.45, 7) is 1.51. The number of aromatic nitrogens is 2. The number of fused-ring (bicyclic) bond motifs is 1. The molecule has 0 aliphatic carbocycles. The Hall–Kier alpha value is -4.14. The van der Waals surface area contributed by atoms with Crippen LogP contribution in [0.3, 0.4) is 0 Å². The zero-order chi connectivity index (χ0) is 23.7. The molecule has 9 nitrogen and oxygen atoms in total. The van der Waals surface area contributed by atoms with Gasteiger partial charge in [-0.05, 0) is 42.3 Å². The standard InChI is InChI=1S/C25H25N5O4/c1-28-21-12-18(5-6-22(21)34-15-23(28)31)25(33)30-9-7-19(14-30)24(32)27-20-4-2-3-17(11-20)13-29-10-8-26-16-29/h2-6,8,10-12,16,19H,7,9,13-15H2,1H3,(H,27,32). The first kappa shape index (κ1) is 21.7. The van der Waals surface area contributed by atoms with Crippen LogP contribution in [0.2, 0.25) is 0 Å². The second-order valence-electron chi connectivity index (χ2n) is 8.59. The molecule has 1 atom stereocenters. The quantitative estimate of drug-likeness (QED) is 0.632. The minimum Gasteiger partial charge on any atom is -0.482 e. The van der Waals surface area contributed by atoms with Gasteiger partial charge in [0.15, 0.2) is 6.61 Å². The number of carbonyl (C=O) groups is 3. The number of likely N-dealkylation sites (tertiary alicyclic amines) is 1. The average Bonchev–Trinajstić information content (AvgIpc) is 3.54. The fourth-order valence-electron chi connectivity index (χ4n) is 4.33. The van der Waals surface area contributed by atoms with E-state index in [0.717, 1.165) is 11.3 Å². The highest BCUT2D eigenvalue weighted by Crippen LogP contribution is 2.33. The first-order valence-corrected chi connectivity index (χ1v) is 11.2. The summed E-state index contributed by atoms with van der Waals surface area (Å²) in [5, 5.41) is 2.99. The Bertz CT molecular complexity index is 1240. The van der Waals surface area contributed by atoms with Gasteiger partial charge in [0.05, 0.1) is 17.9 Å². The number of hydrogen-bond acceptors (Lipinski definition) is 5. The van der Waals surface area contributed by atoms with Crippen LogP contribution in [0, 0.1) is 5.92 Å². The smallest absolute Gasteiger partial charge is 0.264 e. The van der Waals surface area contributed by atoms with Crippen molar-refractivity contribution in [3.05, 3.63) is 72.3 Å². The van der Waals surface area contributed by atoms with Crippen LogP contribution < -0.4 is 15.0 Å². The first-order chi connectivity index (χ1) is 16.5. The molecule has 174 valence electrons. The Balaban J connectivity index is 1.22. The number of likely N-dealkylation sites (N-methyl/N-ethyl adjacent to an activating group) is 1.